The molecule has 0 bridgehead atoms. The van der Waals surface area contributed by atoms with Crippen molar-refractivity contribution >= 4 is 27.5 Å². The first kappa shape index (κ1) is 14.0. The lowest BCUT2D eigenvalue weighted by Gasteiger charge is -2.29. The molecule has 100 valence electrons. The van der Waals surface area contributed by atoms with Crippen molar-refractivity contribution in [1.29, 1.82) is 5.26 Å². The second kappa shape index (κ2) is 5.68. The first-order chi connectivity index (χ1) is 9.09. The molecule has 1 aromatic carbocycles. The number of carbonyl (C=O) groups excluding carboxylic acids is 1. The van der Waals surface area contributed by atoms with Gasteiger partial charge in [-0.25, -0.2) is 4.39 Å². The zero-order valence-corrected chi connectivity index (χ0v) is 11.7. The number of rotatable bonds is 2. The second-order valence-electron chi connectivity index (χ2n) is 4.36. The third kappa shape index (κ3) is 2.77. The molecule has 0 radical (unpaired) electrons. The van der Waals surface area contributed by atoms with Crippen molar-refractivity contribution in [2.24, 2.45) is 5.41 Å². The summed E-state index contributed by atoms with van der Waals surface area (Å²) in [4.78, 5) is 12.2. The van der Waals surface area contributed by atoms with Crippen LogP contribution in [-0.4, -0.2) is 19.1 Å². The van der Waals surface area contributed by atoms with Gasteiger partial charge in [0.05, 0.1) is 11.8 Å². The molecule has 0 unspecified atom stereocenters. The number of hydrogen-bond donors (Lipinski definition) is 1. The van der Waals surface area contributed by atoms with Gasteiger partial charge in [-0.15, -0.1) is 0 Å². The van der Waals surface area contributed by atoms with Gasteiger partial charge in [0.25, 0.3) is 0 Å². The summed E-state index contributed by atoms with van der Waals surface area (Å²) >= 11 is 3.18. The molecule has 1 heterocycles. The molecule has 0 saturated carbocycles. The molecule has 1 aromatic rings. The second-order valence-corrected chi connectivity index (χ2v) is 5.21. The number of nitriles is 1. The highest BCUT2D eigenvalue weighted by atomic mass is 79.9. The zero-order chi connectivity index (χ0) is 13.9. The number of anilines is 1. The fraction of sp³-hybridized carbons (Fsp3) is 0.385. The van der Waals surface area contributed by atoms with Crippen molar-refractivity contribution in [3.63, 3.8) is 0 Å². The molecule has 0 aliphatic carbocycles. The lowest BCUT2D eigenvalue weighted by molar-refractivity contribution is -0.126. The summed E-state index contributed by atoms with van der Waals surface area (Å²) in [6.07, 6.45) is 0.642. The first-order valence-electron chi connectivity index (χ1n) is 5.83. The molecule has 1 saturated heterocycles. The molecule has 1 fully saturated rings. The van der Waals surface area contributed by atoms with Crippen LogP contribution in [0.5, 0.6) is 0 Å². The number of halogens is 2. The molecule has 19 heavy (non-hydrogen) atoms. The number of benzene rings is 1. The van der Waals surface area contributed by atoms with Gasteiger partial charge in [-0.3, -0.25) is 4.79 Å². The molecule has 1 N–H and O–H groups in total. The molecule has 0 spiro atoms. The molecule has 0 aromatic heterocycles. The Morgan fingerprint density at radius 1 is 1.47 bits per heavy atom. The molecular formula is C13H12BrFN2O2. The van der Waals surface area contributed by atoms with Gasteiger partial charge in [0.2, 0.25) is 5.91 Å². The summed E-state index contributed by atoms with van der Waals surface area (Å²) in [7, 11) is 0. The maximum atomic E-state index is 13.7. The lowest BCUT2D eigenvalue weighted by Crippen LogP contribution is -2.40. The van der Waals surface area contributed by atoms with E-state index in [1.165, 1.54) is 12.1 Å². The van der Waals surface area contributed by atoms with E-state index in [4.69, 9.17) is 4.74 Å². The quantitative estimate of drug-likeness (QED) is 0.908. The van der Waals surface area contributed by atoms with E-state index in [-0.39, 0.29) is 5.69 Å². The molecule has 0 atom stereocenters. The lowest BCUT2D eigenvalue weighted by atomic mass is 9.81. The summed E-state index contributed by atoms with van der Waals surface area (Å²) in [6.45, 7) is 0.721. The topological polar surface area (TPSA) is 62.1 Å². The van der Waals surface area contributed by atoms with E-state index in [0.29, 0.717) is 30.5 Å². The van der Waals surface area contributed by atoms with Gasteiger partial charge < -0.3 is 10.1 Å². The Morgan fingerprint density at radius 3 is 2.74 bits per heavy atom. The van der Waals surface area contributed by atoms with Gasteiger partial charge >= 0.3 is 0 Å². The van der Waals surface area contributed by atoms with E-state index >= 15 is 0 Å². The van der Waals surface area contributed by atoms with Crippen LogP contribution < -0.4 is 5.32 Å². The zero-order valence-electron chi connectivity index (χ0n) is 10.1. The van der Waals surface area contributed by atoms with Crippen LogP contribution in [0.2, 0.25) is 0 Å². The predicted molar refractivity (Wildman–Crippen MR) is 70.8 cm³/mol. The average molecular weight is 327 g/mol. The third-order valence-corrected chi connectivity index (χ3v) is 3.86. The van der Waals surface area contributed by atoms with Gasteiger partial charge in [0.15, 0.2) is 0 Å². The van der Waals surface area contributed by atoms with Crippen LogP contribution in [-0.2, 0) is 9.53 Å². The number of amides is 1. The van der Waals surface area contributed by atoms with Crippen molar-refractivity contribution in [2.45, 2.75) is 12.8 Å². The third-order valence-electron chi connectivity index (χ3n) is 3.20. The molecule has 6 heteroatoms. The summed E-state index contributed by atoms with van der Waals surface area (Å²) in [5.41, 5.74) is -1.08. The van der Waals surface area contributed by atoms with Crippen LogP contribution in [0.1, 0.15) is 12.8 Å². The number of hydrogen-bond acceptors (Lipinski definition) is 3. The van der Waals surface area contributed by atoms with Gasteiger partial charge in [-0.2, -0.15) is 5.26 Å². The van der Waals surface area contributed by atoms with Crippen molar-refractivity contribution in [3.05, 3.63) is 28.5 Å². The van der Waals surface area contributed by atoms with Crippen LogP contribution in [0.4, 0.5) is 10.1 Å². The van der Waals surface area contributed by atoms with Crippen LogP contribution in [0.3, 0.4) is 0 Å². The van der Waals surface area contributed by atoms with Crippen molar-refractivity contribution < 1.29 is 13.9 Å². The summed E-state index contributed by atoms with van der Waals surface area (Å²) in [5, 5.41) is 11.8. The number of para-hydroxylation sites is 1. The van der Waals surface area contributed by atoms with E-state index in [9.17, 15) is 14.4 Å². The number of nitrogens with one attached hydrogen (secondary N) is 1. The average Bonchev–Trinajstić information content (AvgIpc) is 2.43. The smallest absolute Gasteiger partial charge is 0.245 e. The monoisotopic (exact) mass is 326 g/mol. The number of carbonyl (C=O) groups is 1. The normalized spacial score (nSPS) is 17.5. The Bertz CT molecular complexity index is 516. The molecule has 2 rings (SSSR count). The van der Waals surface area contributed by atoms with Gasteiger partial charge in [0.1, 0.15) is 11.2 Å². The van der Waals surface area contributed by atoms with E-state index in [1.54, 1.807) is 6.07 Å². The molecule has 1 amide bonds. The van der Waals surface area contributed by atoms with E-state index in [2.05, 4.69) is 21.2 Å². The minimum atomic E-state index is -1.14. The molecule has 1 aliphatic rings. The number of ether oxygens (including phenoxy) is 1. The van der Waals surface area contributed by atoms with Crippen LogP contribution in [0.25, 0.3) is 0 Å². The van der Waals surface area contributed by atoms with E-state index in [1.807, 2.05) is 6.07 Å². The summed E-state index contributed by atoms with van der Waals surface area (Å²) in [6, 6.07) is 6.46. The molecule has 4 nitrogen and oxygen atoms in total. The standard InChI is InChI=1S/C13H12BrFN2O2/c14-9-2-1-3-10(15)11(9)17-12(18)13(8-16)4-6-19-7-5-13/h1-3H,4-7H2,(H,17,18). The SMILES string of the molecule is N#CC1(C(=O)Nc2c(F)cccc2Br)CCOCC1. The highest BCUT2D eigenvalue weighted by Crippen LogP contribution is 2.33. The van der Waals surface area contributed by atoms with Crippen LogP contribution in [0, 0.1) is 22.6 Å². The van der Waals surface area contributed by atoms with Crippen molar-refractivity contribution in [2.75, 3.05) is 18.5 Å². The fourth-order valence-corrected chi connectivity index (χ4v) is 2.40. The van der Waals surface area contributed by atoms with Crippen LogP contribution in [0.15, 0.2) is 22.7 Å². The Hall–Kier alpha value is -1.45. The first-order valence-corrected chi connectivity index (χ1v) is 6.63. The number of nitrogens with zero attached hydrogens (tertiary/aromatic N) is 1. The van der Waals surface area contributed by atoms with Gasteiger partial charge in [-0.1, -0.05) is 6.07 Å². The largest absolute Gasteiger partial charge is 0.381 e. The van der Waals surface area contributed by atoms with Gasteiger partial charge in [0, 0.05) is 17.7 Å². The Morgan fingerprint density at radius 2 is 2.16 bits per heavy atom. The van der Waals surface area contributed by atoms with Crippen LogP contribution >= 0.6 is 15.9 Å². The van der Waals surface area contributed by atoms with Gasteiger partial charge in [-0.05, 0) is 40.9 Å². The minimum Gasteiger partial charge on any atom is -0.381 e. The highest BCUT2D eigenvalue weighted by molar-refractivity contribution is 9.10. The minimum absolute atomic E-state index is 0.0635. The van der Waals surface area contributed by atoms with Crippen molar-refractivity contribution in [3.8, 4) is 6.07 Å². The summed E-state index contributed by atoms with van der Waals surface area (Å²) < 4.78 is 19.3. The molecular weight excluding hydrogens is 315 g/mol. The Kier molecular flexibility index (Phi) is 4.17. The van der Waals surface area contributed by atoms with E-state index in [0.717, 1.165) is 0 Å². The Labute approximate surface area is 118 Å². The Balaban J connectivity index is 2.23. The highest BCUT2D eigenvalue weighted by Gasteiger charge is 2.40. The van der Waals surface area contributed by atoms with Crippen molar-refractivity contribution in [1.82, 2.24) is 0 Å². The predicted octanol–water partition coefficient (Wildman–Crippen LogP) is 2.85. The summed E-state index contributed by atoms with van der Waals surface area (Å²) in [5.74, 6) is -1.02. The van der Waals surface area contributed by atoms with E-state index < -0.39 is 17.1 Å². The molecule has 1 aliphatic heterocycles. The maximum absolute atomic E-state index is 13.7. The fourth-order valence-electron chi connectivity index (χ4n) is 1.96. The maximum Gasteiger partial charge on any atom is 0.245 e.